The van der Waals surface area contributed by atoms with Crippen molar-refractivity contribution < 1.29 is 4.39 Å². The van der Waals surface area contributed by atoms with Crippen LogP contribution in [0.1, 0.15) is 36.0 Å². The SMILES string of the molecule is Cc1ccc(F)c(CN(Cc2cncnc2)C2CCCNCC2)c1. The van der Waals surface area contributed by atoms with E-state index in [-0.39, 0.29) is 5.82 Å². The molecule has 0 spiro atoms. The molecule has 128 valence electrons. The molecule has 0 aliphatic carbocycles. The zero-order valence-electron chi connectivity index (χ0n) is 14.2. The normalized spacial score (nSPS) is 18.5. The number of aromatic nitrogens is 2. The molecule has 1 aliphatic heterocycles. The summed E-state index contributed by atoms with van der Waals surface area (Å²) in [7, 11) is 0. The van der Waals surface area contributed by atoms with Crippen molar-refractivity contribution in [3.8, 4) is 0 Å². The topological polar surface area (TPSA) is 41.1 Å². The monoisotopic (exact) mass is 328 g/mol. The molecule has 0 radical (unpaired) electrons. The summed E-state index contributed by atoms with van der Waals surface area (Å²) >= 11 is 0. The molecule has 1 aromatic heterocycles. The summed E-state index contributed by atoms with van der Waals surface area (Å²) in [6.45, 7) is 5.46. The first-order valence-electron chi connectivity index (χ1n) is 8.66. The van der Waals surface area contributed by atoms with Gasteiger partial charge in [-0.1, -0.05) is 17.7 Å². The van der Waals surface area contributed by atoms with Crippen molar-refractivity contribution in [1.29, 1.82) is 0 Å². The molecule has 2 aromatic rings. The molecular weight excluding hydrogens is 303 g/mol. The van der Waals surface area contributed by atoms with E-state index in [4.69, 9.17) is 0 Å². The molecule has 1 aliphatic rings. The molecule has 0 saturated carbocycles. The molecule has 0 bridgehead atoms. The predicted molar refractivity (Wildman–Crippen MR) is 92.9 cm³/mol. The van der Waals surface area contributed by atoms with E-state index in [1.54, 1.807) is 12.4 Å². The molecule has 1 unspecified atom stereocenters. The number of nitrogens with zero attached hydrogens (tertiary/aromatic N) is 3. The summed E-state index contributed by atoms with van der Waals surface area (Å²) in [4.78, 5) is 10.6. The zero-order chi connectivity index (χ0) is 16.8. The smallest absolute Gasteiger partial charge is 0.127 e. The third-order valence-corrected chi connectivity index (χ3v) is 4.64. The number of benzene rings is 1. The first kappa shape index (κ1) is 17.0. The largest absolute Gasteiger partial charge is 0.317 e. The Bertz CT molecular complexity index is 639. The maximum absolute atomic E-state index is 14.3. The second kappa shape index (κ2) is 8.31. The van der Waals surface area contributed by atoms with Gasteiger partial charge in [-0.05, 0) is 45.3 Å². The van der Waals surface area contributed by atoms with E-state index in [0.717, 1.165) is 55.6 Å². The van der Waals surface area contributed by atoms with Crippen molar-refractivity contribution in [2.75, 3.05) is 13.1 Å². The van der Waals surface area contributed by atoms with Crippen LogP contribution in [0.4, 0.5) is 4.39 Å². The van der Waals surface area contributed by atoms with Crippen LogP contribution in [0.3, 0.4) is 0 Å². The molecule has 24 heavy (non-hydrogen) atoms. The number of nitrogens with one attached hydrogen (secondary N) is 1. The van der Waals surface area contributed by atoms with Crippen LogP contribution in [0, 0.1) is 12.7 Å². The Morgan fingerprint density at radius 3 is 2.83 bits per heavy atom. The quantitative estimate of drug-likeness (QED) is 0.916. The van der Waals surface area contributed by atoms with Crippen LogP contribution in [0.2, 0.25) is 0 Å². The average molecular weight is 328 g/mol. The Balaban J connectivity index is 1.81. The first-order valence-corrected chi connectivity index (χ1v) is 8.66. The summed E-state index contributed by atoms with van der Waals surface area (Å²) in [5.74, 6) is -0.123. The predicted octanol–water partition coefficient (Wildman–Crippen LogP) is 3.07. The maximum Gasteiger partial charge on any atom is 0.127 e. The number of aryl methyl sites for hydroxylation is 1. The van der Waals surface area contributed by atoms with E-state index >= 15 is 0 Å². The van der Waals surface area contributed by atoms with E-state index in [1.165, 1.54) is 0 Å². The third-order valence-electron chi connectivity index (χ3n) is 4.64. The van der Waals surface area contributed by atoms with Crippen molar-refractivity contribution >= 4 is 0 Å². The molecule has 0 amide bonds. The minimum atomic E-state index is -0.123. The Morgan fingerprint density at radius 1 is 1.17 bits per heavy atom. The molecule has 1 atom stereocenters. The van der Waals surface area contributed by atoms with Gasteiger partial charge in [0, 0.05) is 42.7 Å². The van der Waals surface area contributed by atoms with Crippen LogP contribution < -0.4 is 5.32 Å². The lowest BCUT2D eigenvalue weighted by molar-refractivity contribution is 0.162. The summed E-state index contributed by atoms with van der Waals surface area (Å²) < 4.78 is 14.3. The number of halogens is 1. The lowest BCUT2D eigenvalue weighted by atomic mass is 10.0. The van der Waals surface area contributed by atoms with Gasteiger partial charge in [0.15, 0.2) is 0 Å². The fraction of sp³-hybridized carbons (Fsp3) is 0.474. The molecule has 3 rings (SSSR count). The van der Waals surface area contributed by atoms with Gasteiger partial charge in [-0.15, -0.1) is 0 Å². The van der Waals surface area contributed by atoms with Crippen molar-refractivity contribution in [2.45, 2.75) is 45.3 Å². The van der Waals surface area contributed by atoms with Gasteiger partial charge in [0.05, 0.1) is 0 Å². The van der Waals surface area contributed by atoms with Gasteiger partial charge in [-0.2, -0.15) is 0 Å². The fourth-order valence-electron chi connectivity index (χ4n) is 3.37. The van der Waals surface area contributed by atoms with E-state index < -0.39 is 0 Å². The van der Waals surface area contributed by atoms with Crippen molar-refractivity contribution in [2.24, 2.45) is 0 Å². The summed E-state index contributed by atoms with van der Waals surface area (Å²) in [5.41, 5.74) is 2.93. The standard InChI is InChI=1S/C19H25FN4/c1-15-4-5-19(20)17(9-15)13-24(12-16-10-22-14-23-11-16)18-3-2-7-21-8-6-18/h4-5,9-11,14,18,21H,2-3,6-8,12-13H2,1H3. The highest BCUT2D eigenvalue weighted by Crippen LogP contribution is 2.21. The van der Waals surface area contributed by atoms with E-state index in [0.29, 0.717) is 12.6 Å². The highest BCUT2D eigenvalue weighted by atomic mass is 19.1. The molecule has 1 fully saturated rings. The van der Waals surface area contributed by atoms with Gasteiger partial charge in [0.2, 0.25) is 0 Å². The molecular formula is C19H25FN4. The van der Waals surface area contributed by atoms with Crippen LogP contribution >= 0.6 is 0 Å². The minimum Gasteiger partial charge on any atom is -0.317 e. The Morgan fingerprint density at radius 2 is 2.00 bits per heavy atom. The summed E-state index contributed by atoms with van der Waals surface area (Å²) in [6, 6.07) is 5.80. The van der Waals surface area contributed by atoms with Gasteiger partial charge in [-0.3, -0.25) is 4.90 Å². The van der Waals surface area contributed by atoms with Crippen LogP contribution in [-0.4, -0.2) is 34.0 Å². The minimum absolute atomic E-state index is 0.123. The molecule has 1 saturated heterocycles. The lowest BCUT2D eigenvalue weighted by Crippen LogP contribution is -2.35. The van der Waals surface area contributed by atoms with Crippen LogP contribution in [0.5, 0.6) is 0 Å². The Kier molecular flexibility index (Phi) is 5.88. The highest BCUT2D eigenvalue weighted by molar-refractivity contribution is 5.24. The zero-order valence-corrected chi connectivity index (χ0v) is 14.2. The van der Waals surface area contributed by atoms with Gasteiger partial charge < -0.3 is 5.32 Å². The van der Waals surface area contributed by atoms with Crippen LogP contribution in [-0.2, 0) is 13.1 Å². The second-order valence-electron chi connectivity index (χ2n) is 6.58. The van der Waals surface area contributed by atoms with Gasteiger partial charge >= 0.3 is 0 Å². The van der Waals surface area contributed by atoms with Gasteiger partial charge in [0.1, 0.15) is 12.1 Å². The lowest BCUT2D eigenvalue weighted by Gasteiger charge is -2.31. The van der Waals surface area contributed by atoms with E-state index in [1.807, 2.05) is 31.5 Å². The van der Waals surface area contributed by atoms with Gasteiger partial charge in [-0.25, -0.2) is 14.4 Å². The molecule has 5 heteroatoms. The van der Waals surface area contributed by atoms with Crippen LogP contribution in [0.25, 0.3) is 0 Å². The Labute approximate surface area is 143 Å². The third kappa shape index (κ3) is 4.58. The van der Waals surface area contributed by atoms with Gasteiger partial charge in [0.25, 0.3) is 0 Å². The molecule has 2 heterocycles. The maximum atomic E-state index is 14.3. The van der Waals surface area contributed by atoms with Crippen LogP contribution in [0.15, 0.2) is 36.9 Å². The van der Waals surface area contributed by atoms with Crippen molar-refractivity contribution in [3.05, 3.63) is 59.4 Å². The van der Waals surface area contributed by atoms with Crippen molar-refractivity contribution in [1.82, 2.24) is 20.2 Å². The fourth-order valence-corrected chi connectivity index (χ4v) is 3.37. The van der Waals surface area contributed by atoms with Crippen molar-refractivity contribution in [3.63, 3.8) is 0 Å². The summed E-state index contributed by atoms with van der Waals surface area (Å²) in [5, 5.41) is 3.45. The number of hydrogen-bond donors (Lipinski definition) is 1. The summed E-state index contributed by atoms with van der Waals surface area (Å²) in [6.07, 6.45) is 8.62. The molecule has 4 nitrogen and oxygen atoms in total. The second-order valence-corrected chi connectivity index (χ2v) is 6.58. The van der Waals surface area contributed by atoms with E-state index in [2.05, 4.69) is 20.2 Å². The molecule has 1 N–H and O–H groups in total. The number of rotatable bonds is 5. The highest BCUT2D eigenvalue weighted by Gasteiger charge is 2.21. The Hall–Kier alpha value is -1.85. The van der Waals surface area contributed by atoms with E-state index in [9.17, 15) is 4.39 Å². The number of hydrogen-bond acceptors (Lipinski definition) is 4. The average Bonchev–Trinajstić information content (AvgIpc) is 2.88. The first-order chi connectivity index (χ1) is 11.7. The molecule has 1 aromatic carbocycles.